The molecule has 0 radical (unpaired) electrons. The van der Waals surface area contributed by atoms with Gasteiger partial charge < -0.3 is 14.2 Å². The van der Waals surface area contributed by atoms with Crippen LogP contribution in [0.15, 0.2) is 52.5 Å². The minimum Gasteiger partial charge on any atom is -0.454 e. The van der Waals surface area contributed by atoms with Gasteiger partial charge in [-0.15, -0.1) is 0 Å². The van der Waals surface area contributed by atoms with Crippen LogP contribution >= 0.6 is 27.5 Å². The second-order valence-corrected chi connectivity index (χ2v) is 6.52. The molecule has 0 unspecified atom stereocenters. The van der Waals surface area contributed by atoms with Crippen LogP contribution in [-0.2, 0) is 9.53 Å². The number of halogens is 2. The van der Waals surface area contributed by atoms with Gasteiger partial charge in [0, 0.05) is 15.1 Å². The van der Waals surface area contributed by atoms with Gasteiger partial charge in [0.15, 0.2) is 11.5 Å². The lowest BCUT2D eigenvalue weighted by Crippen LogP contribution is -1.97. The van der Waals surface area contributed by atoms with Crippen LogP contribution in [0.4, 0.5) is 0 Å². The monoisotopic (exact) mass is 404 g/mol. The molecule has 6 heteroatoms. The lowest BCUT2D eigenvalue weighted by Gasteiger charge is -2.02. The smallest absolute Gasteiger partial charge is 0.343 e. The standard InChI is InChI=1S/C18H10BrClO4/c19-14-8-17-16(22-9-23-17)6-11(14)5-12-7-15(24-18(12)21)10-1-3-13(20)4-2-10/h1-8H,9H2. The van der Waals surface area contributed by atoms with Gasteiger partial charge in [-0.2, -0.15) is 0 Å². The molecule has 24 heavy (non-hydrogen) atoms. The first-order chi connectivity index (χ1) is 11.6. The second-order valence-electron chi connectivity index (χ2n) is 5.23. The molecule has 0 aliphatic carbocycles. The molecule has 0 fully saturated rings. The third-order valence-electron chi connectivity index (χ3n) is 3.66. The molecule has 0 saturated carbocycles. The number of fused-ring (bicyclic) bond motifs is 1. The van der Waals surface area contributed by atoms with Crippen molar-refractivity contribution in [2.24, 2.45) is 0 Å². The van der Waals surface area contributed by atoms with E-state index in [1.165, 1.54) is 0 Å². The molecule has 0 amide bonds. The molecule has 0 aromatic heterocycles. The molecule has 0 saturated heterocycles. The summed E-state index contributed by atoms with van der Waals surface area (Å²) in [4.78, 5) is 12.1. The largest absolute Gasteiger partial charge is 0.454 e. The average molecular weight is 406 g/mol. The molecule has 4 rings (SSSR count). The number of hydrogen-bond acceptors (Lipinski definition) is 4. The zero-order chi connectivity index (χ0) is 16.7. The summed E-state index contributed by atoms with van der Waals surface area (Å²) < 4.78 is 16.8. The van der Waals surface area contributed by atoms with Crippen molar-refractivity contribution >= 4 is 45.3 Å². The summed E-state index contributed by atoms with van der Waals surface area (Å²) in [7, 11) is 0. The summed E-state index contributed by atoms with van der Waals surface area (Å²) >= 11 is 9.36. The average Bonchev–Trinajstić information content (AvgIpc) is 3.15. The van der Waals surface area contributed by atoms with Crippen molar-refractivity contribution in [2.75, 3.05) is 6.79 Å². The molecule has 2 aromatic rings. The van der Waals surface area contributed by atoms with E-state index in [1.54, 1.807) is 36.4 Å². The van der Waals surface area contributed by atoms with Gasteiger partial charge in [-0.1, -0.05) is 27.5 Å². The van der Waals surface area contributed by atoms with Crippen LogP contribution in [0.2, 0.25) is 5.02 Å². The molecule has 2 aromatic carbocycles. The van der Waals surface area contributed by atoms with E-state index in [9.17, 15) is 4.79 Å². The molecular weight excluding hydrogens is 396 g/mol. The molecule has 2 aliphatic rings. The number of benzene rings is 2. The second kappa shape index (κ2) is 6.00. The topological polar surface area (TPSA) is 44.8 Å². The van der Waals surface area contributed by atoms with Crippen LogP contribution in [0.25, 0.3) is 11.8 Å². The Labute approximate surface area is 151 Å². The predicted octanol–water partition coefficient (Wildman–Crippen LogP) is 4.81. The fraction of sp³-hybridized carbons (Fsp3) is 0.0556. The Balaban J connectivity index is 1.70. The minimum atomic E-state index is -0.399. The lowest BCUT2D eigenvalue weighted by atomic mass is 10.1. The summed E-state index contributed by atoms with van der Waals surface area (Å²) in [6.07, 6.45) is 3.46. The lowest BCUT2D eigenvalue weighted by molar-refractivity contribution is -0.130. The molecule has 0 bridgehead atoms. The van der Waals surface area contributed by atoms with E-state index in [1.807, 2.05) is 12.1 Å². The third-order valence-corrected chi connectivity index (χ3v) is 4.60. The van der Waals surface area contributed by atoms with Crippen molar-refractivity contribution in [1.82, 2.24) is 0 Å². The highest BCUT2D eigenvalue weighted by Crippen LogP contribution is 2.38. The van der Waals surface area contributed by atoms with Crippen LogP contribution in [0.5, 0.6) is 11.5 Å². The van der Waals surface area contributed by atoms with Gasteiger partial charge in [0.1, 0.15) is 5.76 Å². The number of carbonyl (C=O) groups is 1. The number of cyclic esters (lactones) is 1. The van der Waals surface area contributed by atoms with Crippen LogP contribution in [0.1, 0.15) is 11.1 Å². The fourth-order valence-electron chi connectivity index (χ4n) is 2.46. The van der Waals surface area contributed by atoms with E-state index >= 15 is 0 Å². The highest BCUT2D eigenvalue weighted by Gasteiger charge is 2.23. The van der Waals surface area contributed by atoms with E-state index in [0.29, 0.717) is 27.9 Å². The molecule has 2 aliphatic heterocycles. The van der Waals surface area contributed by atoms with Gasteiger partial charge in [0.05, 0.1) is 5.57 Å². The highest BCUT2D eigenvalue weighted by molar-refractivity contribution is 9.10. The van der Waals surface area contributed by atoms with Gasteiger partial charge in [-0.3, -0.25) is 0 Å². The van der Waals surface area contributed by atoms with E-state index < -0.39 is 5.97 Å². The van der Waals surface area contributed by atoms with Gasteiger partial charge >= 0.3 is 5.97 Å². The number of carbonyl (C=O) groups excluding carboxylic acids is 1. The minimum absolute atomic E-state index is 0.199. The Hall–Kier alpha value is -2.24. The number of hydrogen-bond donors (Lipinski definition) is 0. The van der Waals surface area contributed by atoms with E-state index in [-0.39, 0.29) is 6.79 Å². The van der Waals surface area contributed by atoms with Crippen LogP contribution in [0, 0.1) is 0 Å². The Bertz CT molecular complexity index is 900. The van der Waals surface area contributed by atoms with Gasteiger partial charge in [-0.05, 0) is 54.1 Å². The first-order valence-corrected chi connectivity index (χ1v) is 8.28. The SMILES string of the molecule is O=C1OC(c2ccc(Cl)cc2)=CC1=Cc1cc2c(cc1Br)OCO2. The highest BCUT2D eigenvalue weighted by atomic mass is 79.9. The summed E-state index contributed by atoms with van der Waals surface area (Å²) in [6.45, 7) is 0.199. The molecule has 0 N–H and O–H groups in total. The zero-order valence-corrected chi connectivity index (χ0v) is 14.6. The molecule has 120 valence electrons. The normalized spacial score (nSPS) is 17.2. The van der Waals surface area contributed by atoms with Gasteiger partial charge in [-0.25, -0.2) is 4.79 Å². The fourth-order valence-corrected chi connectivity index (χ4v) is 3.02. The molecular formula is C18H10BrClO4. The quantitative estimate of drug-likeness (QED) is 0.531. The van der Waals surface area contributed by atoms with Crippen LogP contribution in [0.3, 0.4) is 0 Å². The maximum absolute atomic E-state index is 12.1. The van der Waals surface area contributed by atoms with Crippen molar-refractivity contribution in [3.63, 3.8) is 0 Å². The van der Waals surface area contributed by atoms with E-state index in [2.05, 4.69) is 15.9 Å². The summed E-state index contributed by atoms with van der Waals surface area (Å²) in [5.74, 6) is 1.43. The number of esters is 1. The van der Waals surface area contributed by atoms with Crippen molar-refractivity contribution < 1.29 is 19.0 Å². The number of ether oxygens (including phenoxy) is 3. The van der Waals surface area contributed by atoms with Crippen LogP contribution < -0.4 is 9.47 Å². The third kappa shape index (κ3) is 2.81. The zero-order valence-electron chi connectivity index (χ0n) is 12.2. The van der Waals surface area contributed by atoms with Gasteiger partial charge in [0.25, 0.3) is 0 Å². The predicted molar refractivity (Wildman–Crippen MR) is 93.8 cm³/mol. The molecule has 4 nitrogen and oxygen atoms in total. The van der Waals surface area contributed by atoms with Crippen molar-refractivity contribution in [3.8, 4) is 11.5 Å². The maximum Gasteiger partial charge on any atom is 0.343 e. The van der Waals surface area contributed by atoms with Crippen LogP contribution in [-0.4, -0.2) is 12.8 Å². The summed E-state index contributed by atoms with van der Waals surface area (Å²) in [5.41, 5.74) is 2.06. The van der Waals surface area contributed by atoms with E-state index in [0.717, 1.165) is 15.6 Å². The Morgan fingerprint density at radius 2 is 1.79 bits per heavy atom. The summed E-state index contributed by atoms with van der Waals surface area (Å²) in [6, 6.07) is 10.8. The Morgan fingerprint density at radius 3 is 2.54 bits per heavy atom. The Kier molecular flexibility index (Phi) is 3.82. The first kappa shape index (κ1) is 15.3. The molecule has 2 heterocycles. The molecule has 0 spiro atoms. The van der Waals surface area contributed by atoms with Crippen molar-refractivity contribution in [1.29, 1.82) is 0 Å². The van der Waals surface area contributed by atoms with E-state index in [4.69, 9.17) is 25.8 Å². The van der Waals surface area contributed by atoms with Crippen molar-refractivity contribution in [2.45, 2.75) is 0 Å². The van der Waals surface area contributed by atoms with Crippen molar-refractivity contribution in [3.05, 3.63) is 68.7 Å². The maximum atomic E-state index is 12.1. The first-order valence-electron chi connectivity index (χ1n) is 7.11. The molecule has 0 atom stereocenters. The Morgan fingerprint density at radius 1 is 1.08 bits per heavy atom. The number of rotatable bonds is 2. The van der Waals surface area contributed by atoms with Gasteiger partial charge in [0.2, 0.25) is 6.79 Å². The summed E-state index contributed by atoms with van der Waals surface area (Å²) in [5, 5.41) is 0.628.